The van der Waals surface area contributed by atoms with Crippen molar-refractivity contribution in [3.63, 3.8) is 0 Å². The zero-order valence-electron chi connectivity index (χ0n) is 10.6. The molecule has 0 spiro atoms. The summed E-state index contributed by atoms with van der Waals surface area (Å²) < 4.78 is 38.0. The molecule has 1 aliphatic rings. The van der Waals surface area contributed by atoms with Gasteiger partial charge in [0.1, 0.15) is 5.78 Å². The third kappa shape index (κ3) is 4.06. The minimum absolute atomic E-state index is 0.00218. The second-order valence-corrected chi connectivity index (χ2v) is 6.18. The molecule has 2 rings (SSSR count). The first kappa shape index (κ1) is 14.6. The van der Waals surface area contributed by atoms with E-state index in [0.717, 1.165) is 4.88 Å². The van der Waals surface area contributed by atoms with Gasteiger partial charge < -0.3 is 0 Å². The molecule has 0 N–H and O–H groups in total. The molecular formula is C14H17F3OS. The Hall–Kier alpha value is -0.840. The standard InChI is InChI=1S/C14H17F3OS/c15-14(16,17)11-4-1-3-10(9-11)13(18)7-6-12-5-2-8-19-12/h2,5,8,10-11H,1,3-4,6-7,9H2. The molecule has 1 saturated carbocycles. The summed E-state index contributed by atoms with van der Waals surface area (Å²) in [6.45, 7) is 0. The molecule has 106 valence electrons. The lowest BCUT2D eigenvalue weighted by molar-refractivity contribution is -0.186. The largest absolute Gasteiger partial charge is 0.391 e. The number of aryl methyl sites for hydroxylation is 1. The number of Topliss-reactive ketones (excluding diaryl/α,β-unsaturated/α-hetero) is 1. The first-order valence-electron chi connectivity index (χ1n) is 6.58. The number of ketones is 1. The molecule has 1 aromatic heterocycles. The maximum absolute atomic E-state index is 12.7. The van der Waals surface area contributed by atoms with Crippen LogP contribution in [0.1, 0.15) is 37.0 Å². The smallest absolute Gasteiger partial charge is 0.299 e. The number of alkyl halides is 3. The van der Waals surface area contributed by atoms with Crippen LogP contribution in [-0.4, -0.2) is 12.0 Å². The number of halogens is 3. The Bertz CT molecular complexity index is 411. The van der Waals surface area contributed by atoms with Crippen LogP contribution < -0.4 is 0 Å². The minimum Gasteiger partial charge on any atom is -0.299 e. The Morgan fingerprint density at radius 3 is 2.79 bits per heavy atom. The Balaban J connectivity index is 1.85. The Morgan fingerprint density at radius 2 is 2.16 bits per heavy atom. The van der Waals surface area contributed by atoms with E-state index in [-0.39, 0.29) is 24.5 Å². The maximum atomic E-state index is 12.7. The molecule has 0 bridgehead atoms. The van der Waals surface area contributed by atoms with E-state index in [1.54, 1.807) is 11.3 Å². The third-order valence-electron chi connectivity index (χ3n) is 3.79. The second kappa shape index (κ2) is 6.07. The summed E-state index contributed by atoms with van der Waals surface area (Å²) in [7, 11) is 0. The zero-order valence-corrected chi connectivity index (χ0v) is 11.4. The van der Waals surface area contributed by atoms with Crippen LogP contribution >= 0.6 is 11.3 Å². The molecule has 0 aromatic carbocycles. The summed E-state index contributed by atoms with van der Waals surface area (Å²) in [6, 6.07) is 3.88. The topological polar surface area (TPSA) is 17.1 Å². The highest BCUT2D eigenvalue weighted by Crippen LogP contribution is 2.40. The summed E-state index contributed by atoms with van der Waals surface area (Å²) in [4.78, 5) is 13.1. The van der Waals surface area contributed by atoms with Crippen LogP contribution in [0.4, 0.5) is 13.2 Å². The molecule has 2 unspecified atom stereocenters. The van der Waals surface area contributed by atoms with Gasteiger partial charge in [0, 0.05) is 17.2 Å². The molecule has 1 nitrogen and oxygen atoms in total. The normalized spacial score (nSPS) is 24.4. The van der Waals surface area contributed by atoms with Crippen molar-refractivity contribution in [2.24, 2.45) is 11.8 Å². The van der Waals surface area contributed by atoms with E-state index < -0.39 is 12.1 Å². The van der Waals surface area contributed by atoms with Crippen LogP contribution in [-0.2, 0) is 11.2 Å². The van der Waals surface area contributed by atoms with Crippen molar-refractivity contribution in [1.82, 2.24) is 0 Å². The highest BCUT2D eigenvalue weighted by molar-refractivity contribution is 7.09. The van der Waals surface area contributed by atoms with Gasteiger partial charge in [0.15, 0.2) is 0 Å². The van der Waals surface area contributed by atoms with E-state index >= 15 is 0 Å². The van der Waals surface area contributed by atoms with Gasteiger partial charge in [-0.15, -0.1) is 11.3 Å². The van der Waals surface area contributed by atoms with E-state index in [4.69, 9.17) is 0 Å². The van der Waals surface area contributed by atoms with Crippen LogP contribution in [0.5, 0.6) is 0 Å². The number of hydrogen-bond acceptors (Lipinski definition) is 2. The summed E-state index contributed by atoms with van der Waals surface area (Å²) in [5.74, 6) is -1.67. The highest BCUT2D eigenvalue weighted by atomic mass is 32.1. The van der Waals surface area contributed by atoms with Crippen molar-refractivity contribution in [3.8, 4) is 0 Å². The fourth-order valence-corrected chi connectivity index (χ4v) is 3.39. The molecule has 1 heterocycles. The fraction of sp³-hybridized carbons (Fsp3) is 0.643. The molecule has 5 heteroatoms. The Labute approximate surface area is 114 Å². The van der Waals surface area contributed by atoms with Gasteiger partial charge in [-0.05, 0) is 37.1 Å². The summed E-state index contributed by atoms with van der Waals surface area (Å²) in [5.41, 5.74) is 0. The quantitative estimate of drug-likeness (QED) is 0.791. The minimum atomic E-state index is -4.15. The number of carbonyl (C=O) groups excluding carboxylic acids is 1. The van der Waals surface area contributed by atoms with Crippen molar-refractivity contribution >= 4 is 17.1 Å². The van der Waals surface area contributed by atoms with E-state index in [0.29, 0.717) is 25.7 Å². The van der Waals surface area contributed by atoms with Crippen LogP contribution in [0.25, 0.3) is 0 Å². The molecular weight excluding hydrogens is 273 g/mol. The van der Waals surface area contributed by atoms with Crippen molar-refractivity contribution in [2.75, 3.05) is 0 Å². The number of thiophene rings is 1. The lowest BCUT2D eigenvalue weighted by Gasteiger charge is -2.29. The van der Waals surface area contributed by atoms with E-state index in [9.17, 15) is 18.0 Å². The van der Waals surface area contributed by atoms with Crippen LogP contribution in [0.2, 0.25) is 0 Å². The van der Waals surface area contributed by atoms with Crippen molar-refractivity contribution in [3.05, 3.63) is 22.4 Å². The van der Waals surface area contributed by atoms with Gasteiger partial charge in [-0.25, -0.2) is 0 Å². The van der Waals surface area contributed by atoms with Gasteiger partial charge in [-0.1, -0.05) is 12.5 Å². The molecule has 1 aromatic rings. The molecule has 1 aliphatic carbocycles. The van der Waals surface area contributed by atoms with Gasteiger partial charge in [0.25, 0.3) is 0 Å². The van der Waals surface area contributed by atoms with Gasteiger partial charge in [-0.2, -0.15) is 13.2 Å². The zero-order chi connectivity index (χ0) is 13.9. The van der Waals surface area contributed by atoms with Gasteiger partial charge >= 0.3 is 6.18 Å². The molecule has 1 fully saturated rings. The SMILES string of the molecule is O=C(CCc1cccs1)C1CCCC(C(F)(F)F)C1. The van der Waals surface area contributed by atoms with E-state index in [1.165, 1.54) is 0 Å². The summed E-state index contributed by atoms with van der Waals surface area (Å²) in [5, 5.41) is 1.94. The predicted octanol–water partition coefficient (Wildman–Crippen LogP) is 4.62. The molecule has 0 saturated heterocycles. The van der Waals surface area contributed by atoms with Crippen LogP contribution in [0, 0.1) is 11.8 Å². The van der Waals surface area contributed by atoms with Gasteiger partial charge in [0.2, 0.25) is 0 Å². The average molecular weight is 290 g/mol. The Kier molecular flexibility index (Phi) is 4.66. The Morgan fingerprint density at radius 1 is 1.37 bits per heavy atom. The molecule has 19 heavy (non-hydrogen) atoms. The molecule has 0 aliphatic heterocycles. The average Bonchev–Trinajstić information content (AvgIpc) is 2.88. The van der Waals surface area contributed by atoms with Crippen LogP contribution in [0.15, 0.2) is 17.5 Å². The van der Waals surface area contributed by atoms with Gasteiger partial charge in [0.05, 0.1) is 5.92 Å². The number of hydrogen-bond donors (Lipinski definition) is 0. The van der Waals surface area contributed by atoms with Gasteiger partial charge in [-0.3, -0.25) is 4.79 Å². The molecule has 0 radical (unpaired) electrons. The van der Waals surface area contributed by atoms with Crippen molar-refractivity contribution in [2.45, 2.75) is 44.7 Å². The predicted molar refractivity (Wildman–Crippen MR) is 69.2 cm³/mol. The summed E-state index contributed by atoms with van der Waals surface area (Å²) in [6.07, 6.45) is -1.81. The molecule has 0 amide bonds. The number of carbonyl (C=O) groups is 1. The maximum Gasteiger partial charge on any atom is 0.391 e. The third-order valence-corrected chi connectivity index (χ3v) is 4.73. The fourth-order valence-electron chi connectivity index (χ4n) is 2.68. The van der Waals surface area contributed by atoms with Crippen molar-refractivity contribution < 1.29 is 18.0 Å². The first-order chi connectivity index (χ1) is 8.97. The monoisotopic (exact) mass is 290 g/mol. The summed E-state index contributed by atoms with van der Waals surface area (Å²) >= 11 is 1.58. The highest BCUT2D eigenvalue weighted by Gasteiger charge is 2.43. The first-order valence-corrected chi connectivity index (χ1v) is 7.46. The second-order valence-electron chi connectivity index (χ2n) is 5.15. The molecule has 2 atom stereocenters. The van der Waals surface area contributed by atoms with E-state index in [1.807, 2.05) is 17.5 Å². The van der Waals surface area contributed by atoms with Crippen molar-refractivity contribution in [1.29, 1.82) is 0 Å². The van der Waals surface area contributed by atoms with E-state index in [2.05, 4.69) is 0 Å². The number of rotatable bonds is 4. The lowest BCUT2D eigenvalue weighted by atomic mass is 9.78. The van der Waals surface area contributed by atoms with Crippen LogP contribution in [0.3, 0.4) is 0 Å². The lowest BCUT2D eigenvalue weighted by Crippen LogP contribution is -2.31.